The number of aryl methyl sites for hydroxylation is 1. The maximum absolute atomic E-state index is 5.75. The molecule has 2 aromatic rings. The summed E-state index contributed by atoms with van der Waals surface area (Å²) in [6.07, 6.45) is 9.79. The van der Waals surface area contributed by atoms with Gasteiger partial charge < -0.3 is 4.74 Å². The van der Waals surface area contributed by atoms with Crippen molar-refractivity contribution in [1.29, 1.82) is 0 Å². The number of rotatable bonds is 11. The average molecular weight is 320 g/mol. The lowest BCUT2D eigenvalue weighted by Crippen LogP contribution is -1.96. The highest BCUT2D eigenvalue weighted by atomic mass is 16.5. The predicted molar refractivity (Wildman–Crippen MR) is 105 cm³/mol. The standard InChI is InChI=1S/C23H28O/c1-3-20-10-14-22(15-11-20)9-7-5-6-8-18-24-19-23-16-12-21(4-2)13-17-23/h3-4,10-17H,1-2,5-9,18-19H2. The van der Waals surface area contributed by atoms with E-state index in [2.05, 4.69) is 61.7 Å². The van der Waals surface area contributed by atoms with E-state index in [1.807, 2.05) is 12.2 Å². The summed E-state index contributed by atoms with van der Waals surface area (Å²) >= 11 is 0. The highest BCUT2D eigenvalue weighted by Gasteiger charge is 1.96. The third-order valence-corrected chi connectivity index (χ3v) is 4.20. The molecule has 0 aliphatic carbocycles. The Morgan fingerprint density at radius 1 is 0.667 bits per heavy atom. The SMILES string of the molecule is C=Cc1ccc(CCCCCCOCc2ccc(C=C)cc2)cc1. The second kappa shape index (κ2) is 10.6. The lowest BCUT2D eigenvalue weighted by Gasteiger charge is -2.05. The third-order valence-electron chi connectivity index (χ3n) is 4.20. The van der Waals surface area contributed by atoms with Crippen molar-refractivity contribution in [3.63, 3.8) is 0 Å². The van der Waals surface area contributed by atoms with Crippen LogP contribution in [0.1, 0.15) is 47.9 Å². The lowest BCUT2D eigenvalue weighted by molar-refractivity contribution is 0.116. The second-order valence-electron chi connectivity index (χ2n) is 6.11. The Bertz CT molecular complexity index is 550. The van der Waals surface area contributed by atoms with Crippen molar-refractivity contribution in [2.24, 2.45) is 0 Å². The van der Waals surface area contributed by atoms with Crippen molar-refractivity contribution in [3.8, 4) is 0 Å². The van der Waals surface area contributed by atoms with Crippen molar-refractivity contribution >= 4 is 12.2 Å². The number of hydrogen-bond donors (Lipinski definition) is 0. The van der Waals surface area contributed by atoms with Crippen LogP contribution in [0.5, 0.6) is 0 Å². The molecule has 0 atom stereocenters. The highest BCUT2D eigenvalue weighted by molar-refractivity contribution is 5.47. The molecule has 0 fully saturated rings. The lowest BCUT2D eigenvalue weighted by atomic mass is 10.0. The fraction of sp³-hybridized carbons (Fsp3) is 0.304. The summed E-state index contributed by atoms with van der Waals surface area (Å²) in [4.78, 5) is 0. The normalized spacial score (nSPS) is 10.5. The van der Waals surface area contributed by atoms with Gasteiger partial charge in [-0.15, -0.1) is 0 Å². The van der Waals surface area contributed by atoms with E-state index in [0.717, 1.165) is 25.0 Å². The van der Waals surface area contributed by atoms with Gasteiger partial charge in [0.2, 0.25) is 0 Å². The predicted octanol–water partition coefficient (Wildman–Crippen LogP) is 6.29. The van der Waals surface area contributed by atoms with Crippen LogP contribution in [-0.2, 0) is 17.8 Å². The van der Waals surface area contributed by atoms with Crippen LogP contribution in [0.3, 0.4) is 0 Å². The van der Waals surface area contributed by atoms with Crippen molar-refractivity contribution in [3.05, 3.63) is 83.9 Å². The Labute approximate surface area is 146 Å². The zero-order valence-corrected chi connectivity index (χ0v) is 14.5. The Hall–Kier alpha value is -2.12. The van der Waals surface area contributed by atoms with E-state index in [-0.39, 0.29) is 0 Å². The van der Waals surface area contributed by atoms with Gasteiger partial charge in [-0.25, -0.2) is 0 Å². The maximum Gasteiger partial charge on any atom is 0.0716 e. The van der Waals surface area contributed by atoms with Crippen LogP contribution < -0.4 is 0 Å². The van der Waals surface area contributed by atoms with Gasteiger partial charge >= 0.3 is 0 Å². The van der Waals surface area contributed by atoms with Crippen molar-refractivity contribution < 1.29 is 4.74 Å². The van der Waals surface area contributed by atoms with Gasteiger partial charge in [0.15, 0.2) is 0 Å². The summed E-state index contributed by atoms with van der Waals surface area (Å²) < 4.78 is 5.75. The topological polar surface area (TPSA) is 9.23 Å². The van der Waals surface area contributed by atoms with E-state index in [1.165, 1.54) is 36.0 Å². The molecule has 0 aromatic heterocycles. The molecule has 1 nitrogen and oxygen atoms in total. The minimum absolute atomic E-state index is 0.701. The molecule has 0 radical (unpaired) electrons. The second-order valence-corrected chi connectivity index (χ2v) is 6.11. The molecule has 0 aliphatic heterocycles. The first kappa shape index (κ1) is 18.2. The molecule has 0 heterocycles. The Morgan fingerprint density at radius 2 is 1.21 bits per heavy atom. The van der Waals surface area contributed by atoms with Crippen molar-refractivity contribution in [2.75, 3.05) is 6.61 Å². The van der Waals surface area contributed by atoms with E-state index >= 15 is 0 Å². The summed E-state index contributed by atoms with van der Waals surface area (Å²) in [5.74, 6) is 0. The van der Waals surface area contributed by atoms with Crippen LogP contribution >= 0.6 is 0 Å². The molecule has 0 amide bonds. The maximum atomic E-state index is 5.75. The smallest absolute Gasteiger partial charge is 0.0716 e. The average Bonchev–Trinajstić information content (AvgIpc) is 2.65. The monoisotopic (exact) mass is 320 g/mol. The molecule has 0 saturated carbocycles. The Balaban J connectivity index is 1.50. The Morgan fingerprint density at radius 3 is 1.79 bits per heavy atom. The van der Waals surface area contributed by atoms with Gasteiger partial charge in [0.05, 0.1) is 6.61 Å². The molecule has 0 bridgehead atoms. The minimum atomic E-state index is 0.701. The van der Waals surface area contributed by atoms with Crippen molar-refractivity contribution in [2.45, 2.75) is 38.7 Å². The number of ether oxygens (including phenoxy) is 1. The van der Waals surface area contributed by atoms with E-state index in [0.29, 0.717) is 6.61 Å². The van der Waals surface area contributed by atoms with Gasteiger partial charge in [0, 0.05) is 6.61 Å². The fourth-order valence-electron chi connectivity index (χ4n) is 2.65. The van der Waals surface area contributed by atoms with E-state index in [9.17, 15) is 0 Å². The molecule has 0 aliphatic rings. The zero-order chi connectivity index (χ0) is 17.0. The first-order valence-electron chi connectivity index (χ1n) is 8.82. The van der Waals surface area contributed by atoms with Crippen LogP contribution in [0.2, 0.25) is 0 Å². The molecule has 24 heavy (non-hydrogen) atoms. The van der Waals surface area contributed by atoms with Crippen LogP contribution in [0, 0.1) is 0 Å². The zero-order valence-electron chi connectivity index (χ0n) is 14.5. The van der Waals surface area contributed by atoms with Gasteiger partial charge in [-0.1, -0.05) is 86.7 Å². The quantitative estimate of drug-likeness (QED) is 0.442. The summed E-state index contributed by atoms with van der Waals surface area (Å²) in [6.45, 7) is 9.09. The molecule has 0 saturated heterocycles. The molecule has 2 aromatic carbocycles. The van der Waals surface area contributed by atoms with Gasteiger partial charge in [0.1, 0.15) is 0 Å². The molecule has 0 spiro atoms. The molecule has 0 unspecified atom stereocenters. The van der Waals surface area contributed by atoms with Crippen LogP contribution in [0.15, 0.2) is 61.7 Å². The Kier molecular flexibility index (Phi) is 8.06. The first-order chi connectivity index (χ1) is 11.8. The molecule has 1 heteroatoms. The molecular weight excluding hydrogens is 292 g/mol. The summed E-state index contributed by atoms with van der Waals surface area (Å²) in [5.41, 5.74) is 4.98. The van der Waals surface area contributed by atoms with Crippen LogP contribution in [0.4, 0.5) is 0 Å². The van der Waals surface area contributed by atoms with E-state index in [1.54, 1.807) is 0 Å². The van der Waals surface area contributed by atoms with Gasteiger partial charge in [0.25, 0.3) is 0 Å². The van der Waals surface area contributed by atoms with E-state index < -0.39 is 0 Å². The number of hydrogen-bond acceptors (Lipinski definition) is 1. The molecule has 0 N–H and O–H groups in total. The molecule has 126 valence electrons. The minimum Gasteiger partial charge on any atom is -0.377 e. The summed E-state index contributed by atoms with van der Waals surface area (Å²) in [7, 11) is 0. The fourth-order valence-corrected chi connectivity index (χ4v) is 2.65. The molecule has 2 rings (SSSR count). The van der Waals surface area contributed by atoms with E-state index in [4.69, 9.17) is 4.74 Å². The summed E-state index contributed by atoms with van der Waals surface area (Å²) in [5, 5.41) is 0. The highest BCUT2D eigenvalue weighted by Crippen LogP contribution is 2.11. The van der Waals surface area contributed by atoms with Gasteiger partial charge in [-0.3, -0.25) is 0 Å². The van der Waals surface area contributed by atoms with Crippen molar-refractivity contribution in [1.82, 2.24) is 0 Å². The van der Waals surface area contributed by atoms with Gasteiger partial charge in [-0.05, 0) is 41.5 Å². The van der Waals surface area contributed by atoms with Crippen LogP contribution in [0.25, 0.3) is 12.2 Å². The first-order valence-corrected chi connectivity index (χ1v) is 8.82. The molecular formula is C23H28O. The van der Waals surface area contributed by atoms with Gasteiger partial charge in [-0.2, -0.15) is 0 Å². The summed E-state index contributed by atoms with van der Waals surface area (Å²) in [6, 6.07) is 17.1. The van der Waals surface area contributed by atoms with Crippen LogP contribution in [-0.4, -0.2) is 6.61 Å². The largest absolute Gasteiger partial charge is 0.377 e. The number of unbranched alkanes of at least 4 members (excludes halogenated alkanes) is 3. The number of benzene rings is 2. The third kappa shape index (κ3) is 6.55.